The van der Waals surface area contributed by atoms with Gasteiger partial charge in [-0.05, 0) is 23.7 Å². The summed E-state index contributed by atoms with van der Waals surface area (Å²) in [5.41, 5.74) is -0.235. The molecule has 1 radical (unpaired) electrons. The van der Waals surface area contributed by atoms with Crippen molar-refractivity contribution < 1.29 is 81.4 Å². The number of nitriles is 1. The number of hydrogen-bond donors (Lipinski definition) is 2. The number of nitrogens with zero attached hydrogens (tertiary/aromatic N) is 3. The Hall–Kier alpha value is -1.35. The number of rotatable bonds is 26. The number of carbonyl (C=O) groups excluding carboxylic acids is 3. The molecule has 0 aromatic rings. The van der Waals surface area contributed by atoms with E-state index in [0.29, 0.717) is 111 Å². The first-order valence-corrected chi connectivity index (χ1v) is 17.2. The summed E-state index contributed by atoms with van der Waals surface area (Å²) >= 11 is 0. The van der Waals surface area contributed by atoms with Gasteiger partial charge in [0.1, 0.15) is 11.6 Å². The molecule has 0 aliphatic carbocycles. The van der Waals surface area contributed by atoms with Gasteiger partial charge < -0.3 is 48.7 Å². The number of morpholine rings is 1. The minimum absolute atomic E-state index is 0. The van der Waals surface area contributed by atoms with E-state index in [1.54, 1.807) is 17.4 Å². The van der Waals surface area contributed by atoms with E-state index in [-0.39, 0.29) is 73.2 Å². The van der Waals surface area contributed by atoms with Gasteiger partial charge in [-0.15, -0.1) is 0 Å². The first-order chi connectivity index (χ1) is 23.2. The Balaban J connectivity index is 0.0000120. The van der Waals surface area contributed by atoms with Crippen LogP contribution in [0, 0.1) is 73.1 Å². The van der Waals surface area contributed by atoms with Crippen molar-refractivity contribution >= 4 is 18.2 Å². The van der Waals surface area contributed by atoms with Crippen LogP contribution in [-0.4, -0.2) is 153 Å². The van der Waals surface area contributed by atoms with Gasteiger partial charge in [0.2, 0.25) is 5.91 Å². The van der Waals surface area contributed by atoms with Crippen molar-refractivity contribution in [2.24, 2.45) is 23.2 Å². The van der Waals surface area contributed by atoms with E-state index in [2.05, 4.69) is 35.5 Å². The Kier molecular flexibility index (Phi) is 25.5. The quantitative estimate of drug-likeness (QED) is 0.0417. The van der Waals surface area contributed by atoms with Gasteiger partial charge in [-0.3, -0.25) is 14.5 Å². The molecule has 0 bridgehead atoms. The molecule has 0 spiro atoms. The molecule has 3 amide bonds. The van der Waals surface area contributed by atoms with Gasteiger partial charge in [0.15, 0.2) is 0 Å². The fourth-order valence-electron chi connectivity index (χ4n) is 5.80. The molecule has 2 saturated heterocycles. The van der Waals surface area contributed by atoms with E-state index >= 15 is 0 Å². The van der Waals surface area contributed by atoms with E-state index in [1.807, 2.05) is 13.8 Å². The van der Waals surface area contributed by atoms with Gasteiger partial charge in [-0.2, -0.15) is 11.7 Å². The van der Waals surface area contributed by atoms with Crippen LogP contribution in [0.4, 0.5) is 0 Å². The van der Waals surface area contributed by atoms with Gasteiger partial charge in [0.25, 0.3) is 5.91 Å². The Morgan fingerprint density at radius 1 is 0.918 bits per heavy atom. The van der Waals surface area contributed by atoms with Crippen LogP contribution in [0.25, 0.3) is 0 Å². The van der Waals surface area contributed by atoms with Gasteiger partial charge in [-0.1, -0.05) is 33.8 Å². The number of carbonyl (C=O) groups is 2. The topological polar surface area (TPSA) is 161 Å². The molecule has 283 valence electrons. The van der Waals surface area contributed by atoms with Crippen molar-refractivity contribution in [1.29, 1.82) is 5.26 Å². The summed E-state index contributed by atoms with van der Waals surface area (Å²) in [5, 5.41) is 15.3. The number of hydrogen-bond acceptors (Lipinski definition) is 11. The van der Waals surface area contributed by atoms with E-state index in [9.17, 15) is 19.6 Å². The van der Waals surface area contributed by atoms with Crippen molar-refractivity contribution in [2.75, 3.05) is 125 Å². The van der Waals surface area contributed by atoms with Crippen LogP contribution in [-0.2, 0) is 42.8 Å². The van der Waals surface area contributed by atoms with Crippen molar-refractivity contribution in [3.05, 3.63) is 11.6 Å². The molecular formula is C34H58N5O9Tb-. The first kappa shape index (κ1) is 45.7. The molecule has 0 saturated carbocycles. The Morgan fingerprint density at radius 3 is 1.96 bits per heavy atom. The van der Waals surface area contributed by atoms with Crippen LogP contribution in [0.15, 0.2) is 11.6 Å². The molecule has 49 heavy (non-hydrogen) atoms. The summed E-state index contributed by atoms with van der Waals surface area (Å²) in [6.07, 6.45) is 4.19. The van der Waals surface area contributed by atoms with Crippen LogP contribution in [0.5, 0.6) is 0 Å². The first-order valence-electron chi connectivity index (χ1n) is 17.2. The summed E-state index contributed by atoms with van der Waals surface area (Å²) in [6.45, 7) is 17.9. The predicted molar refractivity (Wildman–Crippen MR) is 179 cm³/mol. The SMILES string of the molecule is CC(C)C[C@@H]1CN(C(=O)/C(C#N)=C/C(C)(C)CN2CCOCC2)C[C@H]1C(=O)NCCOCCOCCOCCOCCOCCN[C-]=O.[Tb]. The minimum Gasteiger partial charge on any atom is -0.528 e. The fourth-order valence-corrected chi connectivity index (χ4v) is 5.80. The average Bonchev–Trinajstić information content (AvgIpc) is 3.47. The summed E-state index contributed by atoms with van der Waals surface area (Å²) in [4.78, 5) is 40.7. The maximum atomic E-state index is 13.5. The number of likely N-dealkylation sites (tertiary alicyclic amines) is 1. The largest absolute Gasteiger partial charge is 0.528 e. The molecule has 2 fully saturated rings. The molecule has 0 aromatic carbocycles. The van der Waals surface area contributed by atoms with Crippen LogP contribution in [0.3, 0.4) is 0 Å². The molecule has 2 aliphatic rings. The normalized spacial score (nSPS) is 18.6. The summed E-state index contributed by atoms with van der Waals surface area (Å²) in [7, 11) is 0. The van der Waals surface area contributed by atoms with Gasteiger partial charge in [0.05, 0.1) is 85.2 Å². The molecular weight excluding hydrogens is 781 g/mol. The van der Waals surface area contributed by atoms with Crippen LogP contribution in [0.2, 0.25) is 0 Å². The zero-order chi connectivity index (χ0) is 35.0. The molecule has 0 aromatic heterocycles. The number of ether oxygens (including phenoxy) is 6. The van der Waals surface area contributed by atoms with Gasteiger partial charge in [0, 0.05) is 84.4 Å². The molecule has 15 heteroatoms. The second kappa shape index (κ2) is 27.3. The summed E-state index contributed by atoms with van der Waals surface area (Å²) < 4.78 is 32.7. The Bertz CT molecular complexity index is 1010. The molecule has 2 atom stereocenters. The zero-order valence-electron chi connectivity index (χ0n) is 29.8. The second-order valence-electron chi connectivity index (χ2n) is 13.1. The Morgan fingerprint density at radius 2 is 1.45 bits per heavy atom. The third-order valence-corrected chi connectivity index (χ3v) is 7.94. The standard InChI is InChI=1S/C34H58N5O9.Tb/c1-28(2)21-29-24-39(33(42)30(23-35)22-34(3,4)26-38-7-11-45-12-8-38)25-31(29)32(41)37-6-10-44-14-16-47-18-20-48-19-17-46-15-13-43-9-5-36-27-40;/h22,28-29,31H,5-21,24-26H2,1-4H3,(H,36,40)(H,37,41);/q-1;/b30-22+;/t29-,31-;/m1./s1. The monoisotopic (exact) mass is 839 g/mol. The molecule has 2 N–H and O–H groups in total. The molecule has 2 rings (SSSR count). The maximum absolute atomic E-state index is 13.5. The molecule has 2 aliphatic heterocycles. The number of amides is 3. The van der Waals surface area contributed by atoms with E-state index in [4.69, 9.17) is 28.4 Å². The smallest absolute Gasteiger partial charge is 0.264 e. The molecule has 2 heterocycles. The van der Waals surface area contributed by atoms with Crippen molar-refractivity contribution in [3.63, 3.8) is 0 Å². The Labute approximate surface area is 323 Å². The van der Waals surface area contributed by atoms with E-state index in [0.717, 1.165) is 26.1 Å². The zero-order valence-corrected chi connectivity index (χ0v) is 31.9. The third-order valence-electron chi connectivity index (χ3n) is 7.94. The van der Waals surface area contributed by atoms with Crippen LogP contribution in [0.1, 0.15) is 34.1 Å². The summed E-state index contributed by atoms with van der Waals surface area (Å²) in [5.74, 6) is -0.343. The van der Waals surface area contributed by atoms with Crippen LogP contribution >= 0.6 is 0 Å². The fraction of sp³-hybridized carbons (Fsp3) is 0.824. The van der Waals surface area contributed by atoms with Gasteiger partial charge >= 0.3 is 0 Å². The van der Waals surface area contributed by atoms with Crippen molar-refractivity contribution in [1.82, 2.24) is 20.4 Å². The van der Waals surface area contributed by atoms with Gasteiger partial charge in [-0.25, -0.2) is 0 Å². The second-order valence-corrected chi connectivity index (χ2v) is 13.1. The maximum Gasteiger partial charge on any atom is 0.264 e. The van der Waals surface area contributed by atoms with E-state index < -0.39 is 0 Å². The van der Waals surface area contributed by atoms with Crippen molar-refractivity contribution in [2.45, 2.75) is 34.1 Å². The third kappa shape index (κ3) is 20.3. The molecule has 0 unspecified atom stereocenters. The van der Waals surface area contributed by atoms with Crippen LogP contribution < -0.4 is 10.6 Å². The molecule has 14 nitrogen and oxygen atoms in total. The average molecular weight is 840 g/mol. The van der Waals surface area contributed by atoms with Crippen molar-refractivity contribution in [3.8, 4) is 6.07 Å². The number of nitrogens with one attached hydrogen (secondary N) is 2. The predicted octanol–water partition coefficient (Wildman–Crippen LogP) is 0.771. The summed E-state index contributed by atoms with van der Waals surface area (Å²) in [6, 6.07) is 2.14. The van der Waals surface area contributed by atoms with E-state index in [1.165, 1.54) is 0 Å². The minimum atomic E-state index is -0.367.